The van der Waals surface area contributed by atoms with Gasteiger partial charge in [0.1, 0.15) is 17.5 Å². The third kappa shape index (κ3) is 7.43. The lowest BCUT2D eigenvalue weighted by Gasteiger charge is -2.39. The number of amides is 6. The number of hydrogen-bond acceptors (Lipinski definition) is 11. The first-order valence-electron chi connectivity index (χ1n) is 20.4. The van der Waals surface area contributed by atoms with Crippen LogP contribution in [0.15, 0.2) is 41.3 Å². The van der Waals surface area contributed by atoms with Gasteiger partial charge in [0.25, 0.3) is 17.4 Å². The lowest BCUT2D eigenvalue weighted by Crippen LogP contribution is -2.54. The van der Waals surface area contributed by atoms with Gasteiger partial charge in [-0.3, -0.25) is 39.1 Å². The van der Waals surface area contributed by atoms with Crippen molar-refractivity contribution in [2.75, 3.05) is 72.5 Å². The van der Waals surface area contributed by atoms with Crippen LogP contribution in [0.4, 0.5) is 10.5 Å². The predicted molar refractivity (Wildman–Crippen MR) is 219 cm³/mol. The molecule has 0 bridgehead atoms. The van der Waals surface area contributed by atoms with Crippen LogP contribution in [0.2, 0.25) is 0 Å². The standard InChI is InChI=1S/C43H52N8O8/c1-46(2)21-33-36(58-4)18-26(19-37(33)59-5)31-22-47(3)40(54)32-23-49(15-12-28(31)32)43(57)44-13-17-48-14-10-25-11-16-50(35(25)24-48)27-6-7-29-30(20-27)42(56)51(41(29)55)34-8-9-38(52)45-39(34)53/h6-7,18-20,22,25,34-35H,8-17,21,23-24H2,1-5H3,(H,44,57)(H,45,52,53). The van der Waals surface area contributed by atoms with Gasteiger partial charge in [0.05, 0.1) is 37.5 Å². The molecule has 3 fully saturated rings. The van der Waals surface area contributed by atoms with Crippen molar-refractivity contribution in [3.05, 3.63) is 74.7 Å². The zero-order valence-corrected chi connectivity index (χ0v) is 34.3. The molecule has 312 valence electrons. The lowest BCUT2D eigenvalue weighted by atomic mass is 9.91. The van der Waals surface area contributed by atoms with E-state index in [1.54, 1.807) is 42.9 Å². The van der Waals surface area contributed by atoms with Gasteiger partial charge >= 0.3 is 6.03 Å². The molecule has 5 aliphatic rings. The number of imide groups is 2. The quantitative estimate of drug-likeness (QED) is 0.289. The van der Waals surface area contributed by atoms with Crippen LogP contribution < -0.4 is 30.6 Å². The fourth-order valence-corrected chi connectivity index (χ4v) is 9.63. The Morgan fingerprint density at radius 2 is 1.61 bits per heavy atom. The van der Waals surface area contributed by atoms with Gasteiger partial charge in [0.15, 0.2) is 0 Å². The number of carbonyl (C=O) groups is 5. The Balaban J connectivity index is 0.899. The smallest absolute Gasteiger partial charge is 0.317 e. The predicted octanol–water partition coefficient (Wildman–Crippen LogP) is 2.20. The molecule has 16 heteroatoms. The van der Waals surface area contributed by atoms with Crippen LogP contribution in [0, 0.1) is 5.92 Å². The summed E-state index contributed by atoms with van der Waals surface area (Å²) in [5, 5.41) is 5.35. The molecule has 2 N–H and O–H groups in total. The van der Waals surface area contributed by atoms with E-state index >= 15 is 0 Å². The Morgan fingerprint density at radius 3 is 2.32 bits per heavy atom. The molecule has 2 aromatic carbocycles. The van der Waals surface area contributed by atoms with Crippen LogP contribution in [0.5, 0.6) is 11.5 Å². The van der Waals surface area contributed by atoms with Crippen LogP contribution in [-0.4, -0.2) is 133 Å². The number of fused-ring (bicyclic) bond motifs is 3. The van der Waals surface area contributed by atoms with E-state index in [4.69, 9.17) is 9.47 Å². The first-order chi connectivity index (χ1) is 28.4. The van der Waals surface area contributed by atoms with Crippen LogP contribution in [0.25, 0.3) is 11.1 Å². The zero-order chi connectivity index (χ0) is 41.7. The third-order valence-electron chi connectivity index (χ3n) is 12.7. The number of aryl methyl sites for hydroxylation is 1. The van der Waals surface area contributed by atoms with Gasteiger partial charge in [-0.05, 0) is 93.7 Å². The summed E-state index contributed by atoms with van der Waals surface area (Å²) in [4.78, 5) is 87.5. The van der Waals surface area contributed by atoms with E-state index in [0.29, 0.717) is 55.6 Å². The van der Waals surface area contributed by atoms with Gasteiger partial charge < -0.3 is 34.1 Å². The van der Waals surface area contributed by atoms with E-state index in [1.807, 2.05) is 43.4 Å². The van der Waals surface area contributed by atoms with Crippen molar-refractivity contribution in [1.82, 2.24) is 34.8 Å². The van der Waals surface area contributed by atoms with Gasteiger partial charge in [-0.2, -0.15) is 0 Å². The molecule has 5 aliphatic heterocycles. The number of likely N-dealkylation sites (tertiary alicyclic amines) is 1. The molecule has 3 atom stereocenters. The molecular weight excluding hydrogens is 757 g/mol. The number of aromatic nitrogens is 1. The van der Waals surface area contributed by atoms with Gasteiger partial charge in [-0.25, -0.2) is 4.79 Å². The van der Waals surface area contributed by atoms with Crippen LogP contribution in [0.1, 0.15) is 63.1 Å². The summed E-state index contributed by atoms with van der Waals surface area (Å²) in [5.41, 5.74) is 5.54. The zero-order valence-electron chi connectivity index (χ0n) is 34.3. The molecule has 0 aliphatic carbocycles. The fraction of sp³-hybridized carbons (Fsp3) is 0.488. The molecule has 0 spiro atoms. The summed E-state index contributed by atoms with van der Waals surface area (Å²) < 4.78 is 13.2. The minimum Gasteiger partial charge on any atom is -0.496 e. The summed E-state index contributed by atoms with van der Waals surface area (Å²) in [6.45, 7) is 4.92. The van der Waals surface area contributed by atoms with Crippen molar-refractivity contribution in [2.24, 2.45) is 13.0 Å². The average Bonchev–Trinajstić information content (AvgIpc) is 3.75. The maximum atomic E-state index is 13.6. The molecule has 0 radical (unpaired) electrons. The third-order valence-corrected chi connectivity index (χ3v) is 12.7. The largest absolute Gasteiger partial charge is 0.496 e. The molecule has 1 aromatic heterocycles. The Labute approximate surface area is 343 Å². The normalized spacial score (nSPS) is 21.7. The Morgan fingerprint density at radius 1 is 0.881 bits per heavy atom. The number of hydrogen-bond donors (Lipinski definition) is 2. The molecule has 6 heterocycles. The highest BCUT2D eigenvalue weighted by atomic mass is 16.5. The number of rotatable bonds is 10. The molecule has 16 nitrogen and oxygen atoms in total. The highest BCUT2D eigenvalue weighted by Gasteiger charge is 2.46. The second-order valence-corrected chi connectivity index (χ2v) is 16.5. The van der Waals surface area contributed by atoms with Crippen LogP contribution >= 0.6 is 0 Å². The van der Waals surface area contributed by atoms with E-state index in [0.717, 1.165) is 65.3 Å². The number of methoxy groups -OCH3 is 2. The second kappa shape index (κ2) is 16.1. The van der Waals surface area contributed by atoms with Crippen molar-refractivity contribution in [2.45, 2.75) is 57.3 Å². The Hall–Kier alpha value is -5.74. The maximum Gasteiger partial charge on any atom is 0.317 e. The molecular formula is C43H52N8O8. The number of piperidine rings is 2. The van der Waals surface area contributed by atoms with Gasteiger partial charge in [-0.15, -0.1) is 0 Å². The maximum absolute atomic E-state index is 13.6. The number of anilines is 1. The monoisotopic (exact) mass is 808 g/mol. The Bertz CT molecular complexity index is 2260. The number of carbonyl (C=O) groups excluding carboxylic acids is 5. The van der Waals surface area contributed by atoms with E-state index in [9.17, 15) is 28.8 Å². The number of pyridine rings is 1. The van der Waals surface area contributed by atoms with Gasteiger partial charge in [0, 0.05) is 81.8 Å². The summed E-state index contributed by atoms with van der Waals surface area (Å²) in [5.74, 6) is -0.173. The lowest BCUT2D eigenvalue weighted by molar-refractivity contribution is -0.136. The average molecular weight is 809 g/mol. The molecule has 59 heavy (non-hydrogen) atoms. The highest BCUT2D eigenvalue weighted by molar-refractivity contribution is 6.23. The number of benzene rings is 2. The van der Waals surface area contributed by atoms with Crippen molar-refractivity contribution < 1.29 is 33.4 Å². The van der Waals surface area contributed by atoms with E-state index in [-0.39, 0.29) is 48.1 Å². The molecule has 6 amide bonds. The van der Waals surface area contributed by atoms with Crippen LogP contribution in [0.3, 0.4) is 0 Å². The van der Waals surface area contributed by atoms with Crippen molar-refractivity contribution in [3.63, 3.8) is 0 Å². The van der Waals surface area contributed by atoms with Crippen LogP contribution in [-0.2, 0) is 36.1 Å². The SMILES string of the molecule is COc1cc(-c2cn(C)c(=O)c3c2CCN(C(=O)NCCN2CCC4CCN(c5ccc6c(c5)C(=O)N(C5CCC(=O)NC5=O)C6=O)C4C2)C3)cc(OC)c1CN(C)C. The highest BCUT2D eigenvalue weighted by Crippen LogP contribution is 2.39. The summed E-state index contributed by atoms with van der Waals surface area (Å²) in [7, 11) is 8.99. The van der Waals surface area contributed by atoms with E-state index in [1.165, 1.54) is 0 Å². The minimum absolute atomic E-state index is 0.0713. The minimum atomic E-state index is -1.00. The first kappa shape index (κ1) is 40.1. The molecule has 3 unspecified atom stereocenters. The first-order valence-corrected chi connectivity index (χ1v) is 20.4. The fourth-order valence-electron chi connectivity index (χ4n) is 9.63. The van der Waals surface area contributed by atoms with E-state index < -0.39 is 29.7 Å². The second-order valence-electron chi connectivity index (χ2n) is 16.5. The summed E-state index contributed by atoms with van der Waals surface area (Å²) >= 11 is 0. The molecule has 3 saturated heterocycles. The van der Waals surface area contributed by atoms with Crippen molar-refractivity contribution in [1.29, 1.82) is 0 Å². The van der Waals surface area contributed by atoms with E-state index in [2.05, 4.69) is 20.4 Å². The van der Waals surface area contributed by atoms with Crippen molar-refractivity contribution in [3.8, 4) is 22.6 Å². The number of ether oxygens (including phenoxy) is 2. The van der Waals surface area contributed by atoms with Crippen molar-refractivity contribution >= 4 is 35.3 Å². The molecule has 8 rings (SSSR count). The number of urea groups is 1. The molecule has 0 saturated carbocycles. The topological polar surface area (TPSA) is 166 Å². The van der Waals surface area contributed by atoms with Gasteiger partial charge in [0.2, 0.25) is 11.8 Å². The number of nitrogens with zero attached hydrogens (tertiary/aromatic N) is 6. The Kier molecular flexibility index (Phi) is 11.0. The summed E-state index contributed by atoms with van der Waals surface area (Å²) in [6, 6.07) is 8.28. The number of nitrogens with one attached hydrogen (secondary N) is 2. The molecule has 3 aromatic rings. The summed E-state index contributed by atoms with van der Waals surface area (Å²) in [6.07, 6.45) is 4.59. The van der Waals surface area contributed by atoms with Gasteiger partial charge in [-0.1, -0.05) is 0 Å².